The molecule has 3 atom stereocenters. The van der Waals surface area contributed by atoms with Crippen LogP contribution in [0.2, 0.25) is 0 Å². The maximum atomic E-state index is 12.1. The van der Waals surface area contributed by atoms with Gasteiger partial charge in [0.05, 0.1) is 32.8 Å². The molecule has 0 bridgehead atoms. The molecule has 0 unspecified atom stereocenters. The molecule has 0 spiro atoms. The van der Waals surface area contributed by atoms with E-state index in [4.69, 9.17) is 9.47 Å². The zero-order valence-corrected chi connectivity index (χ0v) is 12.2. The Balaban J connectivity index is 2.00. The van der Waals surface area contributed by atoms with Crippen molar-refractivity contribution in [2.75, 3.05) is 20.3 Å². The second-order valence-electron chi connectivity index (χ2n) is 5.26. The molecule has 0 aliphatic carbocycles. The first-order valence-electron chi connectivity index (χ1n) is 6.88. The van der Waals surface area contributed by atoms with Crippen molar-refractivity contribution in [2.45, 2.75) is 31.6 Å². The Morgan fingerprint density at radius 1 is 1.43 bits per heavy atom. The highest BCUT2D eigenvalue weighted by Gasteiger charge is 2.32. The second kappa shape index (κ2) is 6.89. The van der Waals surface area contributed by atoms with Gasteiger partial charge in [-0.05, 0) is 13.0 Å². The first-order chi connectivity index (χ1) is 10.0. The summed E-state index contributed by atoms with van der Waals surface area (Å²) in [5.41, 5.74) is 1.82. The van der Waals surface area contributed by atoms with E-state index in [1.165, 1.54) is 0 Å². The fraction of sp³-hybridized carbons (Fsp3) is 0.533. The smallest absolute Gasteiger partial charge is 0.224 e. The van der Waals surface area contributed by atoms with Gasteiger partial charge in [0.2, 0.25) is 5.91 Å². The van der Waals surface area contributed by atoms with E-state index >= 15 is 0 Å². The van der Waals surface area contributed by atoms with Crippen LogP contribution in [0, 0.1) is 6.92 Å². The van der Waals surface area contributed by atoms with Gasteiger partial charge in [-0.3, -0.25) is 4.79 Å². The van der Waals surface area contributed by atoms with Gasteiger partial charge in [-0.1, -0.05) is 17.7 Å². The van der Waals surface area contributed by atoms with Crippen LogP contribution in [-0.2, 0) is 16.0 Å². The summed E-state index contributed by atoms with van der Waals surface area (Å²) in [6.07, 6.45) is -1.84. The molecule has 21 heavy (non-hydrogen) atoms. The molecule has 1 aromatic carbocycles. The predicted molar refractivity (Wildman–Crippen MR) is 76.2 cm³/mol. The molecule has 1 saturated heterocycles. The van der Waals surface area contributed by atoms with E-state index in [1.807, 2.05) is 25.1 Å². The summed E-state index contributed by atoms with van der Waals surface area (Å²) < 4.78 is 10.4. The largest absolute Gasteiger partial charge is 0.496 e. The van der Waals surface area contributed by atoms with E-state index in [0.717, 1.165) is 11.1 Å². The molecule has 1 aromatic rings. The van der Waals surface area contributed by atoms with Crippen LogP contribution in [0.3, 0.4) is 0 Å². The van der Waals surface area contributed by atoms with Crippen LogP contribution in [-0.4, -0.2) is 54.7 Å². The SMILES string of the molecule is COc1ccc(C)cc1CC(=O)N[C@@H]1COC[C@@H](O)[C@H]1O. The van der Waals surface area contributed by atoms with Gasteiger partial charge in [-0.15, -0.1) is 0 Å². The molecule has 6 heteroatoms. The van der Waals surface area contributed by atoms with Crippen molar-refractivity contribution < 1.29 is 24.5 Å². The molecular weight excluding hydrogens is 274 g/mol. The molecule has 0 radical (unpaired) electrons. The molecule has 1 fully saturated rings. The highest BCUT2D eigenvalue weighted by molar-refractivity contribution is 5.79. The molecule has 1 aliphatic rings. The van der Waals surface area contributed by atoms with Crippen LogP contribution >= 0.6 is 0 Å². The third kappa shape index (κ3) is 3.93. The lowest BCUT2D eigenvalue weighted by Crippen LogP contribution is -2.56. The Morgan fingerprint density at radius 3 is 2.90 bits per heavy atom. The fourth-order valence-electron chi connectivity index (χ4n) is 2.38. The number of hydrogen-bond donors (Lipinski definition) is 3. The zero-order chi connectivity index (χ0) is 15.4. The van der Waals surface area contributed by atoms with E-state index in [-0.39, 0.29) is 25.5 Å². The highest BCUT2D eigenvalue weighted by Crippen LogP contribution is 2.20. The number of methoxy groups -OCH3 is 1. The molecule has 2 rings (SSSR count). The second-order valence-corrected chi connectivity index (χ2v) is 5.26. The summed E-state index contributed by atoms with van der Waals surface area (Å²) in [6, 6.07) is 5.02. The van der Waals surface area contributed by atoms with Crippen LogP contribution in [0.5, 0.6) is 5.75 Å². The van der Waals surface area contributed by atoms with E-state index < -0.39 is 18.2 Å². The topological polar surface area (TPSA) is 88.0 Å². The van der Waals surface area contributed by atoms with Crippen molar-refractivity contribution in [1.82, 2.24) is 5.32 Å². The Labute approximate surface area is 123 Å². The number of aryl methyl sites for hydroxylation is 1. The number of aliphatic hydroxyl groups excluding tert-OH is 2. The Hall–Kier alpha value is -1.63. The van der Waals surface area contributed by atoms with Gasteiger partial charge < -0.3 is 25.0 Å². The van der Waals surface area contributed by atoms with Crippen molar-refractivity contribution in [2.24, 2.45) is 0 Å². The number of rotatable bonds is 4. The Bertz CT molecular complexity index is 505. The van der Waals surface area contributed by atoms with Gasteiger partial charge in [0.1, 0.15) is 18.0 Å². The minimum atomic E-state index is -1.01. The van der Waals surface area contributed by atoms with Crippen LogP contribution in [0.1, 0.15) is 11.1 Å². The van der Waals surface area contributed by atoms with E-state index in [0.29, 0.717) is 5.75 Å². The van der Waals surface area contributed by atoms with E-state index in [1.54, 1.807) is 7.11 Å². The van der Waals surface area contributed by atoms with Crippen molar-refractivity contribution >= 4 is 5.91 Å². The van der Waals surface area contributed by atoms with E-state index in [2.05, 4.69) is 5.32 Å². The number of aliphatic hydroxyl groups is 2. The molecule has 6 nitrogen and oxygen atoms in total. The number of amides is 1. The summed E-state index contributed by atoms with van der Waals surface area (Å²) >= 11 is 0. The van der Waals surface area contributed by atoms with Gasteiger partial charge in [-0.2, -0.15) is 0 Å². The van der Waals surface area contributed by atoms with Crippen LogP contribution in [0.25, 0.3) is 0 Å². The van der Waals surface area contributed by atoms with Crippen molar-refractivity contribution in [3.8, 4) is 5.75 Å². The minimum absolute atomic E-state index is 0.0826. The number of carbonyl (C=O) groups excluding carboxylic acids is 1. The van der Waals surface area contributed by atoms with Crippen molar-refractivity contribution in [3.63, 3.8) is 0 Å². The lowest BCUT2D eigenvalue weighted by atomic mass is 10.0. The third-order valence-electron chi connectivity index (χ3n) is 3.53. The minimum Gasteiger partial charge on any atom is -0.496 e. The lowest BCUT2D eigenvalue weighted by Gasteiger charge is -2.32. The summed E-state index contributed by atoms with van der Waals surface area (Å²) in [5, 5.41) is 22.0. The standard InChI is InChI=1S/C15H21NO5/c1-9-3-4-13(20-2)10(5-9)6-14(18)16-11-7-21-8-12(17)15(11)19/h3-5,11-12,15,17,19H,6-8H2,1-2H3,(H,16,18)/t11-,12-,15+/m1/s1. The van der Waals surface area contributed by atoms with Gasteiger partial charge in [0.25, 0.3) is 0 Å². The monoisotopic (exact) mass is 295 g/mol. The maximum absolute atomic E-state index is 12.1. The number of benzene rings is 1. The average molecular weight is 295 g/mol. The van der Waals surface area contributed by atoms with Gasteiger partial charge in [0, 0.05) is 5.56 Å². The van der Waals surface area contributed by atoms with Crippen LogP contribution in [0.4, 0.5) is 0 Å². The molecule has 3 N–H and O–H groups in total. The number of carbonyl (C=O) groups is 1. The summed E-state index contributed by atoms with van der Waals surface area (Å²) in [5.74, 6) is 0.400. The van der Waals surface area contributed by atoms with Gasteiger partial charge >= 0.3 is 0 Å². The Kier molecular flexibility index (Phi) is 5.17. The van der Waals surface area contributed by atoms with Crippen molar-refractivity contribution in [1.29, 1.82) is 0 Å². The average Bonchev–Trinajstić information content (AvgIpc) is 2.44. The fourth-order valence-corrected chi connectivity index (χ4v) is 2.38. The third-order valence-corrected chi connectivity index (χ3v) is 3.53. The summed E-state index contributed by atoms with van der Waals surface area (Å²) in [7, 11) is 1.56. The first-order valence-corrected chi connectivity index (χ1v) is 6.88. The summed E-state index contributed by atoms with van der Waals surface area (Å²) in [4.78, 5) is 12.1. The van der Waals surface area contributed by atoms with Gasteiger partial charge in [0.15, 0.2) is 0 Å². The number of nitrogens with one attached hydrogen (secondary N) is 1. The molecule has 0 aromatic heterocycles. The molecule has 1 amide bonds. The zero-order valence-electron chi connectivity index (χ0n) is 12.2. The van der Waals surface area contributed by atoms with Crippen molar-refractivity contribution in [3.05, 3.63) is 29.3 Å². The molecule has 1 aliphatic heterocycles. The lowest BCUT2D eigenvalue weighted by molar-refractivity contribution is -0.131. The number of ether oxygens (including phenoxy) is 2. The summed E-state index contributed by atoms with van der Waals surface area (Å²) in [6.45, 7) is 2.21. The maximum Gasteiger partial charge on any atom is 0.224 e. The first kappa shape index (κ1) is 15.8. The highest BCUT2D eigenvalue weighted by atomic mass is 16.5. The van der Waals surface area contributed by atoms with Crippen LogP contribution < -0.4 is 10.1 Å². The number of hydrogen-bond acceptors (Lipinski definition) is 5. The normalized spacial score (nSPS) is 25.4. The molecular formula is C15H21NO5. The predicted octanol–water partition coefficient (Wildman–Crippen LogP) is -0.217. The molecule has 116 valence electrons. The Morgan fingerprint density at radius 2 is 2.19 bits per heavy atom. The van der Waals surface area contributed by atoms with E-state index in [9.17, 15) is 15.0 Å². The van der Waals surface area contributed by atoms with Gasteiger partial charge in [-0.25, -0.2) is 0 Å². The molecule has 1 heterocycles. The quantitative estimate of drug-likeness (QED) is 0.715. The van der Waals surface area contributed by atoms with Crippen LogP contribution in [0.15, 0.2) is 18.2 Å². The molecule has 0 saturated carbocycles.